The van der Waals surface area contributed by atoms with Gasteiger partial charge in [-0.05, 0) is 113 Å². The standard InChI is InChI=1S/C42H33NP2.2C15H9.2Au/c1-6-18-32(19-7-1)43-39-29-17-16-28-37(39)38-30-41(44(33-20-8-2-9-21-33)34-22-10-3-11-23-34)42(31-40(38)43)45(35-24-12-4-13-25-35)36-26-14-5-15-27-36;2*1-2-11-7-5-9-14-13-8-4-3-6-12(13)10-15(11)14;;/h1-22,24-31,34H,23H2;2*3-9H,10H2;;/q;2*-1;2*+1/p+2. The van der Waals surface area contributed by atoms with Crippen LogP contribution in [0.5, 0.6) is 0 Å². The van der Waals surface area contributed by atoms with Crippen molar-refractivity contribution in [1.82, 2.24) is 4.57 Å². The van der Waals surface area contributed by atoms with Crippen LogP contribution in [0.2, 0.25) is 0 Å². The van der Waals surface area contributed by atoms with E-state index in [9.17, 15) is 0 Å². The molecule has 14 rings (SSSR count). The van der Waals surface area contributed by atoms with Crippen molar-refractivity contribution in [2.75, 3.05) is 0 Å². The van der Waals surface area contributed by atoms with Gasteiger partial charge in [0.2, 0.25) is 0 Å². The molecule has 0 fully saturated rings. The third kappa shape index (κ3) is 10.7. The molecule has 0 amide bonds. The zero-order valence-electron chi connectivity index (χ0n) is 42.2. The zero-order chi connectivity index (χ0) is 50.5. The number of allylic oxidation sites excluding steroid dienone is 4. The van der Waals surface area contributed by atoms with Gasteiger partial charge < -0.3 is 17.4 Å². The zero-order valence-corrected chi connectivity index (χ0v) is 48.5. The third-order valence-electron chi connectivity index (χ3n) is 14.9. The van der Waals surface area contributed by atoms with E-state index in [1.54, 1.807) is 5.30 Å². The van der Waals surface area contributed by atoms with E-state index in [0.717, 1.165) is 30.4 Å². The summed E-state index contributed by atoms with van der Waals surface area (Å²) in [5, 5.41) is 10.0. The van der Waals surface area contributed by atoms with Gasteiger partial charge in [0.05, 0.1) is 29.9 Å². The number of hydrogen-bond acceptors (Lipinski definition) is 0. The quantitative estimate of drug-likeness (QED) is 0.0649. The smallest absolute Gasteiger partial charge is 0.366 e. The molecule has 376 valence electrons. The van der Waals surface area contributed by atoms with Gasteiger partial charge in [-0.2, -0.15) is 0 Å². The maximum Gasteiger partial charge on any atom is 1.00 e. The number of para-hydroxylation sites is 2. The Balaban J connectivity index is 0.000000170. The van der Waals surface area contributed by atoms with Gasteiger partial charge in [0, 0.05) is 28.9 Å². The number of benzene rings is 10. The Hall–Kier alpha value is -7.06. The summed E-state index contributed by atoms with van der Waals surface area (Å²) in [5.41, 5.74) is 16.4. The minimum atomic E-state index is -1.35. The van der Waals surface area contributed by atoms with Crippen molar-refractivity contribution < 1.29 is 44.8 Å². The van der Waals surface area contributed by atoms with Gasteiger partial charge in [-0.15, -0.1) is 34.4 Å². The van der Waals surface area contributed by atoms with Crippen LogP contribution in [0.3, 0.4) is 0 Å². The van der Waals surface area contributed by atoms with Crippen LogP contribution in [0, 0.1) is 24.7 Å². The Morgan fingerprint density at radius 1 is 0.416 bits per heavy atom. The minimum Gasteiger partial charge on any atom is -0.366 e. The van der Waals surface area contributed by atoms with Crippen molar-refractivity contribution in [3.8, 4) is 39.8 Å². The predicted octanol–water partition coefficient (Wildman–Crippen LogP) is 14.7. The Morgan fingerprint density at radius 3 is 1.43 bits per heavy atom. The summed E-state index contributed by atoms with van der Waals surface area (Å²) in [6.45, 7) is 0. The van der Waals surface area contributed by atoms with E-state index in [4.69, 9.17) is 12.8 Å². The second-order valence-electron chi connectivity index (χ2n) is 19.2. The first kappa shape index (κ1) is 53.3. The summed E-state index contributed by atoms with van der Waals surface area (Å²) >= 11 is 0. The molecule has 1 heterocycles. The summed E-state index contributed by atoms with van der Waals surface area (Å²) in [4.78, 5) is 0. The number of nitrogens with zero attached hydrogens (tertiary/aromatic N) is 1. The van der Waals surface area contributed by atoms with Crippen LogP contribution in [0.15, 0.2) is 267 Å². The first-order valence-corrected chi connectivity index (χ1v) is 28.9. The molecule has 2 unspecified atom stereocenters. The van der Waals surface area contributed by atoms with Gasteiger partial charge in [0.1, 0.15) is 29.1 Å². The van der Waals surface area contributed by atoms with Crippen molar-refractivity contribution in [3.05, 3.63) is 313 Å². The van der Waals surface area contributed by atoms with E-state index in [2.05, 4.69) is 259 Å². The molecule has 0 radical (unpaired) electrons. The summed E-state index contributed by atoms with van der Waals surface area (Å²) in [6.07, 6.45) is 26.8. The van der Waals surface area contributed by atoms with Crippen molar-refractivity contribution in [3.63, 3.8) is 0 Å². The minimum absolute atomic E-state index is 0. The second kappa shape index (κ2) is 24.5. The maximum absolute atomic E-state index is 7.27. The second-order valence-corrected chi connectivity index (χ2v) is 24.4. The van der Waals surface area contributed by atoms with Crippen molar-refractivity contribution in [1.29, 1.82) is 0 Å². The molecule has 0 spiro atoms. The SMILES string of the molecule is C1=CCC([PH+](c2ccccc2)c2cc3c4ccccc4n(-c4ccccc4)c3cc2[PH+](c2ccccc2)c2ccccc2)C=C1.[Au+].[Au+].[C-]#Cc1cccc2c1Cc1ccccc1-2.[C-]#Cc1cccc2c1Cc1ccccc1-2. The molecule has 11 aromatic rings. The van der Waals surface area contributed by atoms with E-state index in [1.165, 1.54) is 93.2 Å². The summed E-state index contributed by atoms with van der Waals surface area (Å²) < 4.78 is 2.48. The average Bonchev–Trinajstić information content (AvgIpc) is 4.24. The Kier molecular flexibility index (Phi) is 17.0. The first-order valence-electron chi connectivity index (χ1n) is 25.8. The molecule has 3 aliphatic carbocycles. The molecular formula is C72H53Au2NP2+2. The van der Waals surface area contributed by atoms with Crippen molar-refractivity contribution >= 4 is 64.2 Å². The fraction of sp³-hybridized carbons (Fsp3) is 0.0556. The number of aromatic nitrogens is 1. The Labute approximate surface area is 487 Å². The molecule has 0 saturated heterocycles. The number of hydrogen-bond donors (Lipinski definition) is 0. The van der Waals surface area contributed by atoms with Gasteiger partial charge >= 0.3 is 44.8 Å². The monoisotopic (exact) mass is 1390 g/mol. The molecule has 0 saturated carbocycles. The normalized spacial score (nSPS) is 13.4. The van der Waals surface area contributed by atoms with Crippen LogP contribution in [0.4, 0.5) is 0 Å². The first-order chi connectivity index (χ1) is 37.2. The largest absolute Gasteiger partial charge is 1.00 e. The molecule has 3 aliphatic rings. The molecule has 0 bridgehead atoms. The van der Waals surface area contributed by atoms with E-state index in [0.29, 0.717) is 5.66 Å². The average molecular weight is 1390 g/mol. The molecule has 77 heavy (non-hydrogen) atoms. The molecule has 1 aromatic heterocycles. The third-order valence-corrected chi connectivity index (χ3v) is 21.1. The Bertz CT molecular complexity index is 3870. The molecule has 5 heteroatoms. The van der Waals surface area contributed by atoms with Gasteiger partial charge in [0.25, 0.3) is 0 Å². The van der Waals surface area contributed by atoms with Gasteiger partial charge in [-0.1, -0.05) is 182 Å². The van der Waals surface area contributed by atoms with Gasteiger partial charge in [-0.25, -0.2) is 0 Å². The molecule has 2 atom stereocenters. The molecule has 1 nitrogen and oxygen atoms in total. The summed E-state index contributed by atoms with van der Waals surface area (Å²) in [7, 11) is -2.58. The summed E-state index contributed by atoms with van der Waals surface area (Å²) in [6, 6.07) is 87.9. The van der Waals surface area contributed by atoms with E-state index in [-0.39, 0.29) is 44.8 Å². The van der Waals surface area contributed by atoms with Crippen molar-refractivity contribution in [2.45, 2.75) is 24.9 Å². The van der Waals surface area contributed by atoms with E-state index >= 15 is 0 Å². The number of fused-ring (bicyclic) bond motifs is 9. The van der Waals surface area contributed by atoms with Crippen LogP contribution < -0.4 is 26.5 Å². The van der Waals surface area contributed by atoms with Crippen LogP contribution in [-0.2, 0) is 57.6 Å². The van der Waals surface area contributed by atoms with Crippen LogP contribution >= 0.6 is 15.8 Å². The van der Waals surface area contributed by atoms with Crippen molar-refractivity contribution in [2.24, 2.45) is 0 Å². The fourth-order valence-electron chi connectivity index (χ4n) is 11.5. The maximum atomic E-state index is 7.27. The van der Waals surface area contributed by atoms with E-state index in [1.807, 2.05) is 24.3 Å². The molecule has 10 aromatic carbocycles. The van der Waals surface area contributed by atoms with Crippen LogP contribution in [0.25, 0.3) is 49.7 Å². The van der Waals surface area contributed by atoms with Gasteiger partial charge in [-0.3, -0.25) is 11.8 Å². The van der Waals surface area contributed by atoms with E-state index < -0.39 is 15.8 Å². The van der Waals surface area contributed by atoms with Crippen LogP contribution in [-0.4, -0.2) is 10.2 Å². The molecular weight excluding hydrogens is 1330 g/mol. The predicted molar refractivity (Wildman–Crippen MR) is 323 cm³/mol. The number of rotatable bonds is 7. The topological polar surface area (TPSA) is 4.93 Å². The summed E-state index contributed by atoms with van der Waals surface area (Å²) in [5.74, 6) is 5.02. The molecule has 0 N–H and O–H groups in total. The van der Waals surface area contributed by atoms with Crippen LogP contribution in [0.1, 0.15) is 39.8 Å². The Morgan fingerprint density at radius 2 is 0.896 bits per heavy atom. The van der Waals surface area contributed by atoms with Gasteiger partial charge in [0.15, 0.2) is 0 Å². The molecule has 0 aliphatic heterocycles. The fourth-order valence-corrected chi connectivity index (χ4v) is 18.0.